The Hall–Kier alpha value is -0.700. The third-order valence-corrected chi connectivity index (χ3v) is 6.09. The summed E-state index contributed by atoms with van der Waals surface area (Å²) in [4.78, 5) is 11.9. The van der Waals surface area contributed by atoms with Gasteiger partial charge >= 0.3 is 5.97 Å². The number of rotatable bonds is 8. The molecule has 0 radical (unpaired) electrons. The number of esters is 1. The summed E-state index contributed by atoms with van der Waals surface area (Å²) in [7, 11) is -2.53. The van der Waals surface area contributed by atoms with Gasteiger partial charge in [-0.25, -0.2) is 13.1 Å². The molecule has 23 heavy (non-hydrogen) atoms. The number of carbonyl (C=O) groups is 1. The molecule has 0 heterocycles. The highest BCUT2D eigenvalue weighted by molar-refractivity contribution is 7.89. The molecule has 0 spiro atoms. The monoisotopic (exact) mass is 351 g/mol. The normalized spacial score (nSPS) is 20.4. The molecule has 7 nitrogen and oxygen atoms in total. The fraction of sp³-hybridized carbons (Fsp3) is 0.933. The molecule has 0 amide bonds. The van der Waals surface area contributed by atoms with Gasteiger partial charge in [-0.2, -0.15) is 0 Å². The van der Waals surface area contributed by atoms with E-state index in [9.17, 15) is 23.4 Å². The van der Waals surface area contributed by atoms with E-state index in [4.69, 9.17) is 4.74 Å². The van der Waals surface area contributed by atoms with Gasteiger partial charge in [0.15, 0.2) is 0 Å². The average Bonchev–Trinajstić information content (AvgIpc) is 2.39. The van der Waals surface area contributed by atoms with Crippen LogP contribution in [0, 0.1) is 10.8 Å². The van der Waals surface area contributed by atoms with Crippen LogP contribution in [0.1, 0.15) is 46.5 Å². The van der Waals surface area contributed by atoms with E-state index in [1.54, 1.807) is 0 Å². The molecular formula is C15H29NO6S. The molecule has 1 aliphatic rings. The van der Waals surface area contributed by atoms with Gasteiger partial charge in [-0.05, 0) is 24.7 Å². The van der Waals surface area contributed by atoms with E-state index >= 15 is 0 Å². The predicted octanol–water partition coefficient (Wildman–Crippen LogP) is 0.407. The zero-order valence-corrected chi connectivity index (χ0v) is 15.1. The summed E-state index contributed by atoms with van der Waals surface area (Å²) in [5, 5.41) is 19.5. The predicted molar refractivity (Wildman–Crippen MR) is 86.2 cm³/mol. The van der Waals surface area contributed by atoms with Crippen molar-refractivity contribution in [1.82, 2.24) is 4.72 Å². The van der Waals surface area contributed by atoms with Crippen LogP contribution in [0.4, 0.5) is 0 Å². The van der Waals surface area contributed by atoms with Crippen LogP contribution >= 0.6 is 0 Å². The summed E-state index contributed by atoms with van der Waals surface area (Å²) in [5.41, 5.74) is -1.40. The number of carbonyl (C=O) groups excluding carboxylic acids is 1. The van der Waals surface area contributed by atoms with Crippen molar-refractivity contribution in [1.29, 1.82) is 0 Å². The zero-order chi connectivity index (χ0) is 17.9. The smallest absolute Gasteiger partial charge is 0.312 e. The second-order valence-corrected chi connectivity index (χ2v) is 9.25. The van der Waals surface area contributed by atoms with Crippen LogP contribution in [0.3, 0.4) is 0 Å². The maximum Gasteiger partial charge on any atom is 0.312 e. The lowest BCUT2D eigenvalue weighted by Crippen LogP contribution is -2.50. The molecule has 1 aliphatic carbocycles. The van der Waals surface area contributed by atoms with E-state index in [1.165, 1.54) is 7.11 Å². The summed E-state index contributed by atoms with van der Waals surface area (Å²) >= 11 is 0. The standard InChI is InChI=1S/C15H29NO6S/c1-14(2,3)12(18)8-11(9-17)16-23(20,21)10-15(6-5-7-15)13(19)22-4/h11-12,16-18H,5-10H2,1-4H3. The van der Waals surface area contributed by atoms with Crippen LogP contribution in [0.5, 0.6) is 0 Å². The molecule has 1 saturated carbocycles. The SMILES string of the molecule is COC(=O)C1(CS(=O)(=O)NC(CO)CC(O)C(C)(C)C)CCC1. The number of aliphatic hydroxyl groups is 2. The largest absolute Gasteiger partial charge is 0.469 e. The second-order valence-electron chi connectivity index (χ2n) is 7.50. The molecule has 8 heteroatoms. The Balaban J connectivity index is 2.74. The number of methoxy groups -OCH3 is 1. The summed E-state index contributed by atoms with van der Waals surface area (Å²) < 4.78 is 31.8. The molecule has 0 aromatic carbocycles. The first-order valence-electron chi connectivity index (χ1n) is 7.83. The minimum atomic E-state index is -3.78. The van der Waals surface area contributed by atoms with Gasteiger partial charge in [-0.15, -0.1) is 0 Å². The van der Waals surface area contributed by atoms with Gasteiger partial charge in [0.05, 0.1) is 31.0 Å². The molecule has 1 rings (SSSR count). The van der Waals surface area contributed by atoms with Crippen LogP contribution in [0.25, 0.3) is 0 Å². The number of hydrogen-bond donors (Lipinski definition) is 3. The van der Waals surface area contributed by atoms with Crippen molar-refractivity contribution in [3.8, 4) is 0 Å². The van der Waals surface area contributed by atoms with Crippen molar-refractivity contribution in [3.63, 3.8) is 0 Å². The molecular weight excluding hydrogens is 322 g/mol. The Morgan fingerprint density at radius 1 is 1.35 bits per heavy atom. The summed E-state index contributed by atoms with van der Waals surface area (Å²) in [5.74, 6) is -0.862. The van der Waals surface area contributed by atoms with Gasteiger partial charge in [0.1, 0.15) is 0 Å². The average molecular weight is 351 g/mol. The quantitative estimate of drug-likeness (QED) is 0.546. The minimum absolute atomic E-state index is 0.102. The molecule has 0 saturated heterocycles. The van der Waals surface area contributed by atoms with Crippen molar-refractivity contribution in [2.75, 3.05) is 19.5 Å². The first-order valence-corrected chi connectivity index (χ1v) is 9.48. The lowest BCUT2D eigenvalue weighted by Gasteiger charge is -2.38. The van der Waals surface area contributed by atoms with Crippen LogP contribution in [0.2, 0.25) is 0 Å². The third-order valence-electron chi connectivity index (χ3n) is 4.47. The van der Waals surface area contributed by atoms with Crippen LogP contribution in [-0.2, 0) is 19.6 Å². The lowest BCUT2D eigenvalue weighted by atomic mass is 9.70. The molecule has 3 N–H and O–H groups in total. The molecule has 0 bridgehead atoms. The Kier molecular flexibility index (Phi) is 6.60. The summed E-state index contributed by atoms with van der Waals surface area (Å²) in [6.07, 6.45) is 1.09. The highest BCUT2D eigenvalue weighted by atomic mass is 32.2. The minimum Gasteiger partial charge on any atom is -0.469 e. The number of ether oxygens (including phenoxy) is 1. The highest BCUT2D eigenvalue weighted by Gasteiger charge is 2.48. The van der Waals surface area contributed by atoms with Crippen molar-refractivity contribution in [2.45, 2.75) is 58.6 Å². The second kappa shape index (κ2) is 7.46. The highest BCUT2D eigenvalue weighted by Crippen LogP contribution is 2.43. The number of nitrogens with one attached hydrogen (secondary N) is 1. The molecule has 0 aromatic heterocycles. The first kappa shape index (κ1) is 20.3. The van der Waals surface area contributed by atoms with Crippen molar-refractivity contribution in [2.24, 2.45) is 10.8 Å². The summed E-state index contributed by atoms with van der Waals surface area (Å²) in [6.45, 7) is 5.08. The molecule has 2 unspecified atom stereocenters. The van der Waals surface area contributed by atoms with E-state index in [2.05, 4.69) is 4.72 Å². The number of sulfonamides is 1. The number of aliphatic hydroxyl groups excluding tert-OH is 2. The fourth-order valence-corrected chi connectivity index (χ4v) is 4.57. The fourth-order valence-electron chi connectivity index (χ4n) is 2.67. The van der Waals surface area contributed by atoms with E-state index in [0.717, 1.165) is 6.42 Å². The van der Waals surface area contributed by atoms with Gasteiger partial charge in [0.2, 0.25) is 10.0 Å². The van der Waals surface area contributed by atoms with Gasteiger partial charge < -0.3 is 14.9 Å². The van der Waals surface area contributed by atoms with Gasteiger partial charge in [-0.3, -0.25) is 4.79 Å². The number of hydrogen-bond acceptors (Lipinski definition) is 6. The molecule has 1 fully saturated rings. The van der Waals surface area contributed by atoms with Crippen LogP contribution in [-0.4, -0.2) is 56.2 Å². The Morgan fingerprint density at radius 2 is 1.91 bits per heavy atom. The zero-order valence-electron chi connectivity index (χ0n) is 14.3. The van der Waals surface area contributed by atoms with Gasteiger partial charge in [0, 0.05) is 6.04 Å². The topological polar surface area (TPSA) is 113 Å². The lowest BCUT2D eigenvalue weighted by molar-refractivity contribution is -0.156. The maximum atomic E-state index is 12.3. The molecule has 0 aromatic rings. The van der Waals surface area contributed by atoms with Crippen LogP contribution in [0.15, 0.2) is 0 Å². The Labute approximate surface area is 138 Å². The van der Waals surface area contributed by atoms with Crippen molar-refractivity contribution >= 4 is 16.0 Å². The van der Waals surface area contributed by atoms with Crippen molar-refractivity contribution < 1.29 is 28.2 Å². The first-order chi connectivity index (χ1) is 10.5. The van der Waals surface area contributed by atoms with Crippen molar-refractivity contribution in [3.05, 3.63) is 0 Å². The van der Waals surface area contributed by atoms with Gasteiger partial charge in [-0.1, -0.05) is 27.2 Å². The Bertz CT molecular complexity index is 507. The van der Waals surface area contributed by atoms with E-state index in [1.807, 2.05) is 20.8 Å². The Morgan fingerprint density at radius 3 is 2.26 bits per heavy atom. The molecule has 136 valence electrons. The van der Waals surface area contributed by atoms with Crippen LogP contribution < -0.4 is 4.72 Å². The molecule has 2 atom stereocenters. The van der Waals surface area contributed by atoms with Gasteiger partial charge in [0.25, 0.3) is 0 Å². The summed E-state index contributed by atoms with van der Waals surface area (Å²) in [6, 6.07) is -0.788. The van der Waals surface area contributed by atoms with E-state index in [-0.39, 0.29) is 12.2 Å². The maximum absolute atomic E-state index is 12.3. The van der Waals surface area contributed by atoms with E-state index in [0.29, 0.717) is 12.8 Å². The van der Waals surface area contributed by atoms with E-state index < -0.39 is 45.6 Å². The molecule has 0 aliphatic heterocycles. The third kappa shape index (κ3) is 5.41.